The SMILES string of the molecule is CCCn1ccc(CNCC(O)C(F)(F)F)c1. The summed E-state index contributed by atoms with van der Waals surface area (Å²) in [4.78, 5) is 0. The van der Waals surface area contributed by atoms with Gasteiger partial charge in [0.2, 0.25) is 0 Å². The second-order valence-electron chi connectivity index (χ2n) is 3.95. The van der Waals surface area contributed by atoms with Crippen molar-refractivity contribution in [2.24, 2.45) is 0 Å². The lowest BCUT2D eigenvalue weighted by molar-refractivity contribution is -0.201. The molecule has 1 atom stereocenters. The Bertz CT molecular complexity index is 336. The Morgan fingerprint density at radius 2 is 2.18 bits per heavy atom. The maximum Gasteiger partial charge on any atom is 0.415 e. The van der Waals surface area contributed by atoms with Crippen LogP contribution in [0, 0.1) is 0 Å². The first-order valence-electron chi connectivity index (χ1n) is 5.53. The number of nitrogens with one attached hydrogen (secondary N) is 1. The minimum Gasteiger partial charge on any atom is -0.382 e. The highest BCUT2D eigenvalue weighted by Gasteiger charge is 2.37. The molecule has 0 saturated heterocycles. The van der Waals surface area contributed by atoms with Crippen molar-refractivity contribution < 1.29 is 18.3 Å². The first kappa shape index (κ1) is 14.1. The van der Waals surface area contributed by atoms with Crippen molar-refractivity contribution in [2.45, 2.75) is 38.7 Å². The van der Waals surface area contributed by atoms with E-state index >= 15 is 0 Å². The van der Waals surface area contributed by atoms with E-state index in [0.717, 1.165) is 18.5 Å². The topological polar surface area (TPSA) is 37.2 Å². The molecule has 6 heteroatoms. The van der Waals surface area contributed by atoms with Crippen LogP contribution in [0.5, 0.6) is 0 Å². The van der Waals surface area contributed by atoms with Gasteiger partial charge >= 0.3 is 6.18 Å². The van der Waals surface area contributed by atoms with E-state index < -0.39 is 18.8 Å². The van der Waals surface area contributed by atoms with Gasteiger partial charge in [-0.1, -0.05) is 6.92 Å². The standard InChI is InChI=1S/C11H17F3N2O/c1-2-4-16-5-3-9(8-16)6-15-7-10(17)11(12,13)14/h3,5,8,10,15,17H,2,4,6-7H2,1H3. The maximum absolute atomic E-state index is 12.0. The largest absolute Gasteiger partial charge is 0.415 e. The maximum atomic E-state index is 12.0. The molecule has 0 spiro atoms. The van der Waals surface area contributed by atoms with E-state index in [0.29, 0.717) is 6.54 Å². The zero-order valence-corrected chi connectivity index (χ0v) is 9.67. The van der Waals surface area contributed by atoms with Gasteiger partial charge in [0.15, 0.2) is 6.10 Å². The Balaban J connectivity index is 2.30. The van der Waals surface area contributed by atoms with Crippen LogP contribution >= 0.6 is 0 Å². The van der Waals surface area contributed by atoms with Gasteiger partial charge in [0, 0.05) is 32.0 Å². The van der Waals surface area contributed by atoms with E-state index in [1.807, 2.05) is 23.0 Å². The second kappa shape index (κ2) is 6.07. The Hall–Kier alpha value is -1.01. The molecule has 3 nitrogen and oxygen atoms in total. The first-order valence-corrected chi connectivity index (χ1v) is 5.53. The third-order valence-corrected chi connectivity index (χ3v) is 2.34. The number of aryl methyl sites for hydroxylation is 1. The highest BCUT2D eigenvalue weighted by molar-refractivity contribution is 5.09. The van der Waals surface area contributed by atoms with Crippen LogP contribution in [-0.2, 0) is 13.1 Å². The van der Waals surface area contributed by atoms with E-state index in [9.17, 15) is 13.2 Å². The molecule has 0 aliphatic heterocycles. The summed E-state index contributed by atoms with van der Waals surface area (Å²) in [7, 11) is 0. The third kappa shape index (κ3) is 4.79. The van der Waals surface area contributed by atoms with Crippen LogP contribution in [0.4, 0.5) is 13.2 Å². The number of aromatic nitrogens is 1. The minimum atomic E-state index is -4.55. The van der Waals surface area contributed by atoms with Crippen LogP contribution in [0.25, 0.3) is 0 Å². The second-order valence-corrected chi connectivity index (χ2v) is 3.95. The molecule has 17 heavy (non-hydrogen) atoms. The number of hydrogen-bond acceptors (Lipinski definition) is 2. The summed E-state index contributed by atoms with van der Waals surface area (Å²) in [5, 5.41) is 11.3. The van der Waals surface area contributed by atoms with Crippen molar-refractivity contribution in [3.63, 3.8) is 0 Å². The zero-order valence-electron chi connectivity index (χ0n) is 9.67. The molecular weight excluding hydrogens is 233 g/mol. The molecule has 1 aromatic heterocycles. The number of halogens is 3. The fourth-order valence-electron chi connectivity index (χ4n) is 1.46. The molecular formula is C11H17F3N2O. The van der Waals surface area contributed by atoms with Gasteiger partial charge in [-0.25, -0.2) is 0 Å². The quantitative estimate of drug-likeness (QED) is 0.809. The summed E-state index contributed by atoms with van der Waals surface area (Å²) in [6.07, 6.45) is -2.08. The Morgan fingerprint density at radius 1 is 1.47 bits per heavy atom. The van der Waals surface area contributed by atoms with Crippen LogP contribution < -0.4 is 5.32 Å². The molecule has 98 valence electrons. The van der Waals surface area contributed by atoms with Gasteiger partial charge in [0.1, 0.15) is 0 Å². The molecule has 0 aromatic carbocycles. The highest BCUT2D eigenvalue weighted by Crippen LogP contribution is 2.19. The number of hydrogen-bond donors (Lipinski definition) is 2. The van der Waals surface area contributed by atoms with Crippen molar-refractivity contribution in [3.05, 3.63) is 24.0 Å². The predicted octanol–water partition coefficient (Wildman–Crippen LogP) is 1.91. The lowest BCUT2D eigenvalue weighted by atomic mass is 10.3. The Kier molecular flexibility index (Phi) is 5.02. The van der Waals surface area contributed by atoms with E-state index in [4.69, 9.17) is 5.11 Å². The van der Waals surface area contributed by atoms with Crippen LogP contribution in [0.2, 0.25) is 0 Å². The van der Waals surface area contributed by atoms with Crippen LogP contribution in [-0.4, -0.2) is 28.5 Å². The van der Waals surface area contributed by atoms with Crippen LogP contribution in [0.1, 0.15) is 18.9 Å². The summed E-state index contributed by atoms with van der Waals surface area (Å²) in [6, 6.07) is 1.85. The number of alkyl halides is 3. The average Bonchev–Trinajstić information content (AvgIpc) is 2.65. The fraction of sp³-hybridized carbons (Fsp3) is 0.636. The van der Waals surface area contributed by atoms with Crippen LogP contribution in [0.15, 0.2) is 18.5 Å². The van der Waals surface area contributed by atoms with Crippen LogP contribution in [0.3, 0.4) is 0 Å². The molecule has 0 amide bonds. The van der Waals surface area contributed by atoms with E-state index in [-0.39, 0.29) is 0 Å². The van der Waals surface area contributed by atoms with E-state index in [1.165, 1.54) is 0 Å². The lowest BCUT2D eigenvalue weighted by Crippen LogP contribution is -2.38. The smallest absolute Gasteiger partial charge is 0.382 e. The van der Waals surface area contributed by atoms with Gasteiger partial charge < -0.3 is 15.0 Å². The molecule has 2 N–H and O–H groups in total. The van der Waals surface area contributed by atoms with Crippen molar-refractivity contribution >= 4 is 0 Å². The average molecular weight is 250 g/mol. The van der Waals surface area contributed by atoms with Crippen molar-refractivity contribution in [1.82, 2.24) is 9.88 Å². The molecule has 0 aliphatic carbocycles. The molecule has 1 rings (SSSR count). The fourth-order valence-corrected chi connectivity index (χ4v) is 1.46. The molecule has 1 heterocycles. The summed E-state index contributed by atoms with van der Waals surface area (Å²) in [5.74, 6) is 0. The molecule has 0 radical (unpaired) electrons. The van der Waals surface area contributed by atoms with Gasteiger partial charge in [0.25, 0.3) is 0 Å². The summed E-state index contributed by atoms with van der Waals surface area (Å²) in [6.45, 7) is 2.79. The summed E-state index contributed by atoms with van der Waals surface area (Å²) in [5.41, 5.74) is 0.910. The molecule has 0 fully saturated rings. The summed E-state index contributed by atoms with van der Waals surface area (Å²) >= 11 is 0. The highest BCUT2D eigenvalue weighted by atomic mass is 19.4. The van der Waals surface area contributed by atoms with Gasteiger partial charge in [-0.3, -0.25) is 0 Å². The monoisotopic (exact) mass is 250 g/mol. The van der Waals surface area contributed by atoms with Crippen molar-refractivity contribution in [3.8, 4) is 0 Å². The molecule has 1 unspecified atom stereocenters. The number of nitrogens with zero attached hydrogens (tertiary/aromatic N) is 1. The zero-order chi connectivity index (χ0) is 12.9. The normalized spacial score (nSPS) is 13.9. The van der Waals surface area contributed by atoms with Crippen molar-refractivity contribution in [2.75, 3.05) is 6.54 Å². The van der Waals surface area contributed by atoms with Gasteiger partial charge in [-0.2, -0.15) is 13.2 Å². The summed E-state index contributed by atoms with van der Waals surface area (Å²) < 4.78 is 37.9. The van der Waals surface area contributed by atoms with E-state index in [2.05, 4.69) is 12.2 Å². The van der Waals surface area contributed by atoms with Gasteiger partial charge in [-0.15, -0.1) is 0 Å². The molecule has 0 aliphatic rings. The first-order chi connectivity index (χ1) is 7.93. The number of aliphatic hydroxyl groups excluding tert-OH is 1. The van der Waals surface area contributed by atoms with E-state index in [1.54, 1.807) is 0 Å². The Labute approximate surface area is 98.2 Å². The van der Waals surface area contributed by atoms with Gasteiger partial charge in [-0.05, 0) is 18.1 Å². The molecule has 0 saturated carbocycles. The molecule has 0 bridgehead atoms. The predicted molar refractivity (Wildman–Crippen MR) is 58.5 cm³/mol. The minimum absolute atomic E-state index is 0.323. The Morgan fingerprint density at radius 3 is 2.76 bits per heavy atom. The lowest BCUT2D eigenvalue weighted by Gasteiger charge is -2.14. The van der Waals surface area contributed by atoms with Crippen molar-refractivity contribution in [1.29, 1.82) is 0 Å². The number of aliphatic hydroxyl groups is 1. The molecule has 1 aromatic rings. The number of rotatable bonds is 6. The third-order valence-electron chi connectivity index (χ3n) is 2.34. The van der Waals surface area contributed by atoms with Gasteiger partial charge in [0.05, 0.1) is 0 Å².